The lowest BCUT2D eigenvalue weighted by Crippen LogP contribution is -2.65. The highest BCUT2D eigenvalue weighted by Gasteiger charge is 2.76. The molecule has 0 aliphatic heterocycles. The van der Waals surface area contributed by atoms with Gasteiger partial charge in [-0.2, -0.15) is 48.8 Å². The van der Waals surface area contributed by atoms with E-state index < -0.39 is 35.5 Å². The normalized spacial score (nSPS) is 14.6. The van der Waals surface area contributed by atoms with E-state index in [4.69, 9.17) is 0 Å². The second-order valence-corrected chi connectivity index (χ2v) is 2.67. The Kier molecular flexibility index (Phi) is 3.82. The van der Waals surface area contributed by atoms with Gasteiger partial charge in [0.1, 0.15) is 0 Å². The molecule has 0 rings (SSSR count). The second kappa shape index (κ2) is 4.12. The Morgan fingerprint density at radius 1 is 0.667 bits per heavy atom. The van der Waals surface area contributed by atoms with Crippen molar-refractivity contribution in [1.29, 1.82) is 0 Å². The number of carbonyl (C=O) groups is 1. The zero-order chi connectivity index (χ0) is 15.2. The van der Waals surface area contributed by atoms with E-state index in [1.54, 1.807) is 0 Å². The van der Waals surface area contributed by atoms with E-state index >= 15 is 0 Å². The lowest BCUT2D eigenvalue weighted by molar-refractivity contribution is -0.416. The summed E-state index contributed by atoms with van der Waals surface area (Å²) >= 11 is 0. The Morgan fingerprint density at radius 2 is 0.889 bits per heavy atom. The van der Waals surface area contributed by atoms with Crippen molar-refractivity contribution in [3.63, 3.8) is 0 Å². The van der Waals surface area contributed by atoms with E-state index in [0.29, 0.717) is 0 Å². The maximum absolute atomic E-state index is 12.2. The van der Waals surface area contributed by atoms with E-state index in [0.717, 1.165) is 0 Å². The summed E-state index contributed by atoms with van der Waals surface area (Å²) < 4.78 is 130. The molecule has 0 bridgehead atoms. The van der Waals surface area contributed by atoms with Crippen molar-refractivity contribution in [3.05, 3.63) is 0 Å². The molecule has 0 N–H and O–H groups in total. The fourth-order valence-corrected chi connectivity index (χ4v) is 0.651. The van der Waals surface area contributed by atoms with Crippen LogP contribution >= 0.6 is 0 Å². The maximum Gasteiger partial charge on any atom is 0.475 e. The van der Waals surface area contributed by atoms with Crippen LogP contribution in [-0.2, 0) is 0 Å². The Morgan fingerprint density at radius 3 is 1.00 bits per heavy atom. The average molecular weight is 299 g/mol. The topological polar surface area (TPSA) is 20.3 Å². The van der Waals surface area contributed by atoms with Crippen LogP contribution in [0, 0.1) is 0 Å². The van der Waals surface area contributed by atoms with Gasteiger partial charge in [-0.05, 0) is 0 Å². The Hall–Kier alpha value is -1.30. The third-order valence-electron chi connectivity index (χ3n) is 1.42. The summed E-state index contributed by atoms with van der Waals surface area (Å²) in [6.07, 6.45) is -18.3. The minimum atomic E-state index is -7.04. The molecule has 0 radical (unpaired) electrons. The SMILES string of the molecule is O=C(F)N(C(F)(F)C(F)(F)F)C(F)(F)C(F)(F)F. The molecule has 0 spiro atoms. The molecule has 0 aromatic carbocycles. The fourth-order valence-electron chi connectivity index (χ4n) is 0.651. The zero-order valence-corrected chi connectivity index (χ0v) is 7.51. The molecule has 18 heavy (non-hydrogen) atoms. The highest BCUT2D eigenvalue weighted by Crippen LogP contribution is 2.48. The average Bonchev–Trinajstić information content (AvgIpc) is 1.96. The zero-order valence-electron chi connectivity index (χ0n) is 7.51. The van der Waals surface area contributed by atoms with Gasteiger partial charge in [0.05, 0.1) is 0 Å². The first-order chi connectivity index (χ1) is 7.57. The van der Waals surface area contributed by atoms with Crippen LogP contribution in [0.4, 0.5) is 53.1 Å². The minimum absolute atomic E-state index is 3.51. The highest BCUT2D eigenvalue weighted by molar-refractivity contribution is 5.67. The largest absolute Gasteiger partial charge is 0.475 e. The molecular weight excluding hydrogens is 299 g/mol. The monoisotopic (exact) mass is 299 g/mol. The van der Waals surface area contributed by atoms with E-state index in [9.17, 15) is 53.1 Å². The molecule has 0 heterocycles. The Bertz CT molecular complexity index is 301. The maximum atomic E-state index is 12.2. The van der Waals surface area contributed by atoms with Crippen molar-refractivity contribution in [3.8, 4) is 0 Å². The molecule has 0 saturated heterocycles. The van der Waals surface area contributed by atoms with E-state index in [1.807, 2.05) is 0 Å². The van der Waals surface area contributed by atoms with Crippen LogP contribution in [0.5, 0.6) is 0 Å². The highest BCUT2D eigenvalue weighted by atomic mass is 19.4. The summed E-state index contributed by atoms with van der Waals surface area (Å²) in [5.41, 5.74) is 0. The number of rotatable bonds is 2. The molecule has 0 saturated carbocycles. The van der Waals surface area contributed by atoms with Crippen LogP contribution in [0.1, 0.15) is 0 Å². The number of hydrogen-bond donors (Lipinski definition) is 0. The van der Waals surface area contributed by atoms with Gasteiger partial charge >= 0.3 is 30.6 Å². The molecule has 0 fully saturated rings. The summed E-state index contributed by atoms with van der Waals surface area (Å²) in [5.74, 6) is 0. The van der Waals surface area contributed by atoms with Crippen LogP contribution in [0.25, 0.3) is 0 Å². The lowest BCUT2D eigenvalue weighted by atomic mass is 10.3. The molecule has 0 aromatic rings. The van der Waals surface area contributed by atoms with Gasteiger partial charge in [0.25, 0.3) is 0 Å². The van der Waals surface area contributed by atoms with Crippen molar-refractivity contribution in [1.82, 2.24) is 4.90 Å². The van der Waals surface area contributed by atoms with Crippen molar-refractivity contribution in [2.24, 2.45) is 0 Å². The summed E-state index contributed by atoms with van der Waals surface area (Å²) in [5, 5.41) is 0. The van der Waals surface area contributed by atoms with Gasteiger partial charge in [0, 0.05) is 0 Å². The third kappa shape index (κ3) is 2.58. The van der Waals surface area contributed by atoms with Crippen molar-refractivity contribution in [2.45, 2.75) is 24.4 Å². The van der Waals surface area contributed by atoms with Gasteiger partial charge in [-0.3, -0.25) is 0 Å². The first kappa shape index (κ1) is 16.7. The molecule has 2 nitrogen and oxygen atoms in total. The minimum Gasteiger partial charge on any atom is -0.234 e. The molecule has 0 aliphatic carbocycles. The predicted octanol–water partition coefficient (Wildman–Crippen LogP) is 3.69. The fraction of sp³-hybridized carbons (Fsp3) is 0.800. The molecule has 0 aliphatic rings. The Labute approximate surface area is 89.9 Å². The van der Waals surface area contributed by atoms with Crippen LogP contribution in [0.2, 0.25) is 0 Å². The van der Waals surface area contributed by atoms with E-state index in [1.165, 1.54) is 0 Å². The molecule has 108 valence electrons. The van der Waals surface area contributed by atoms with Crippen molar-refractivity contribution in [2.75, 3.05) is 0 Å². The number of carbonyl (C=O) groups excluding carboxylic acids is 1. The van der Waals surface area contributed by atoms with E-state index in [2.05, 4.69) is 0 Å². The van der Waals surface area contributed by atoms with Gasteiger partial charge in [0.15, 0.2) is 0 Å². The van der Waals surface area contributed by atoms with Crippen LogP contribution < -0.4 is 0 Å². The van der Waals surface area contributed by atoms with Crippen LogP contribution in [0.15, 0.2) is 0 Å². The summed E-state index contributed by atoms with van der Waals surface area (Å²) in [4.78, 5) is 6.12. The standard InChI is InChI=1S/C5F11NO/c6-1(18)17(4(13,14)2(7,8)9)5(15,16)3(10,11)12. The van der Waals surface area contributed by atoms with Gasteiger partial charge < -0.3 is 0 Å². The lowest BCUT2D eigenvalue weighted by Gasteiger charge is -2.35. The number of halogens is 11. The van der Waals surface area contributed by atoms with E-state index in [-0.39, 0.29) is 0 Å². The predicted molar refractivity (Wildman–Crippen MR) is 30.3 cm³/mol. The van der Waals surface area contributed by atoms with Gasteiger partial charge in [0.2, 0.25) is 0 Å². The third-order valence-corrected chi connectivity index (χ3v) is 1.42. The van der Waals surface area contributed by atoms with Gasteiger partial charge in [-0.15, -0.1) is 4.39 Å². The smallest absolute Gasteiger partial charge is 0.234 e. The number of amides is 1. The molecule has 13 heteroatoms. The molecule has 0 unspecified atom stereocenters. The summed E-state index contributed by atoms with van der Waals surface area (Å²) in [6.45, 7) is 0. The number of nitrogens with zero attached hydrogens (tertiary/aromatic N) is 1. The van der Waals surface area contributed by atoms with Crippen LogP contribution in [-0.4, -0.2) is 35.5 Å². The van der Waals surface area contributed by atoms with Gasteiger partial charge in [-0.25, -0.2) is 4.79 Å². The van der Waals surface area contributed by atoms with Gasteiger partial charge in [-0.1, -0.05) is 0 Å². The molecule has 0 aromatic heterocycles. The first-order valence-corrected chi connectivity index (χ1v) is 3.45. The summed E-state index contributed by atoms with van der Waals surface area (Å²) in [7, 11) is 0. The number of alkyl halides is 10. The molecule has 0 atom stereocenters. The Balaban J connectivity index is 5.85. The van der Waals surface area contributed by atoms with Crippen LogP contribution in [0.3, 0.4) is 0 Å². The van der Waals surface area contributed by atoms with Crippen molar-refractivity contribution >= 4 is 6.16 Å². The quantitative estimate of drug-likeness (QED) is 0.432. The molecule has 1 amide bonds. The van der Waals surface area contributed by atoms with Crippen molar-refractivity contribution < 1.29 is 53.1 Å². The molecular formula is C5F11NO. The first-order valence-electron chi connectivity index (χ1n) is 3.45. The summed E-state index contributed by atoms with van der Waals surface area (Å²) in [6, 6.07) is -14.1. The number of hydrogen-bond acceptors (Lipinski definition) is 1. The second-order valence-electron chi connectivity index (χ2n) is 2.67.